The lowest BCUT2D eigenvalue weighted by molar-refractivity contribution is 0.00746. The van der Waals surface area contributed by atoms with Crippen LogP contribution in [0.15, 0.2) is 33.4 Å². The van der Waals surface area contributed by atoms with Crippen LogP contribution in [-0.2, 0) is 17.9 Å². The fraction of sp³-hybridized carbons (Fsp3) is 0.500. The maximum Gasteiger partial charge on any atom is 0.133 e. The molecule has 0 saturated carbocycles. The summed E-state index contributed by atoms with van der Waals surface area (Å²) in [5, 5.41) is 13.8. The summed E-state index contributed by atoms with van der Waals surface area (Å²) in [5.41, 5.74) is 0.855. The third kappa shape index (κ3) is 4.80. The van der Waals surface area contributed by atoms with Crippen molar-refractivity contribution < 1.29 is 18.8 Å². The zero-order valence-electron chi connectivity index (χ0n) is 11.8. The van der Waals surface area contributed by atoms with Crippen LogP contribution in [0.4, 0.5) is 0 Å². The summed E-state index contributed by atoms with van der Waals surface area (Å²) in [6.07, 6.45) is 1.05. The van der Waals surface area contributed by atoms with E-state index in [0.717, 1.165) is 17.2 Å². The number of rotatable bonds is 8. The van der Waals surface area contributed by atoms with Gasteiger partial charge < -0.3 is 18.8 Å². The number of hydrogen-bond acceptors (Lipinski definition) is 6. The van der Waals surface area contributed by atoms with E-state index in [4.69, 9.17) is 13.7 Å². The third-order valence-corrected chi connectivity index (χ3v) is 2.77. The fourth-order valence-electron chi connectivity index (χ4n) is 1.94. The van der Waals surface area contributed by atoms with Gasteiger partial charge in [-0.3, -0.25) is 4.90 Å². The zero-order chi connectivity index (χ0) is 14.4. The number of likely N-dealkylation sites (N-methyl/N-ethyl adjacent to an activating group) is 1. The first kappa shape index (κ1) is 14.8. The second-order valence-electron chi connectivity index (χ2n) is 4.87. The van der Waals surface area contributed by atoms with Crippen LogP contribution in [0, 0.1) is 6.92 Å². The highest BCUT2D eigenvalue weighted by Crippen LogP contribution is 2.06. The molecule has 0 fully saturated rings. The van der Waals surface area contributed by atoms with E-state index in [0.29, 0.717) is 19.7 Å². The number of ether oxygens (including phenoxy) is 1. The van der Waals surface area contributed by atoms with Gasteiger partial charge in [0.05, 0.1) is 24.7 Å². The van der Waals surface area contributed by atoms with Gasteiger partial charge in [-0.1, -0.05) is 5.16 Å². The second-order valence-corrected chi connectivity index (χ2v) is 4.87. The van der Waals surface area contributed by atoms with Gasteiger partial charge in [-0.2, -0.15) is 0 Å². The number of aromatic nitrogens is 1. The molecule has 2 aromatic heterocycles. The Labute approximate surface area is 117 Å². The molecular weight excluding hydrogens is 260 g/mol. The molecule has 0 aliphatic rings. The summed E-state index contributed by atoms with van der Waals surface area (Å²) in [7, 11) is 1.92. The average Bonchev–Trinajstić information content (AvgIpc) is 3.01. The Hall–Kier alpha value is -1.63. The summed E-state index contributed by atoms with van der Waals surface area (Å²) < 4.78 is 15.5. The molecule has 2 rings (SSSR count). The number of hydrogen-bond donors (Lipinski definition) is 1. The van der Waals surface area contributed by atoms with Gasteiger partial charge in [-0.15, -0.1) is 0 Å². The van der Waals surface area contributed by atoms with Crippen LogP contribution in [-0.4, -0.2) is 41.5 Å². The SMILES string of the molecule is Cc1cc(CN(C)CC(O)COCc2ccco2)no1. The predicted molar refractivity (Wildman–Crippen MR) is 71.9 cm³/mol. The highest BCUT2D eigenvalue weighted by atomic mass is 16.5. The summed E-state index contributed by atoms with van der Waals surface area (Å²) in [5.74, 6) is 1.54. The summed E-state index contributed by atoms with van der Waals surface area (Å²) in [6, 6.07) is 5.53. The highest BCUT2D eigenvalue weighted by Gasteiger charge is 2.11. The zero-order valence-corrected chi connectivity index (χ0v) is 11.8. The number of furan rings is 1. The molecule has 0 saturated heterocycles. The smallest absolute Gasteiger partial charge is 0.133 e. The number of aliphatic hydroxyl groups excluding tert-OH is 1. The van der Waals surface area contributed by atoms with Crippen molar-refractivity contribution in [3.8, 4) is 0 Å². The third-order valence-electron chi connectivity index (χ3n) is 2.77. The van der Waals surface area contributed by atoms with E-state index in [1.54, 1.807) is 6.26 Å². The van der Waals surface area contributed by atoms with Gasteiger partial charge in [-0.05, 0) is 26.1 Å². The van der Waals surface area contributed by atoms with Gasteiger partial charge in [0.1, 0.15) is 18.1 Å². The van der Waals surface area contributed by atoms with E-state index in [1.807, 2.05) is 37.1 Å². The molecule has 0 amide bonds. The minimum absolute atomic E-state index is 0.267. The number of aryl methyl sites for hydroxylation is 1. The Bertz CT molecular complexity index is 495. The molecule has 1 unspecified atom stereocenters. The number of nitrogens with zero attached hydrogens (tertiary/aromatic N) is 2. The van der Waals surface area contributed by atoms with Gasteiger partial charge in [-0.25, -0.2) is 0 Å². The van der Waals surface area contributed by atoms with Crippen LogP contribution in [0.3, 0.4) is 0 Å². The van der Waals surface area contributed by atoms with Crippen LogP contribution >= 0.6 is 0 Å². The van der Waals surface area contributed by atoms with Crippen molar-refractivity contribution in [1.29, 1.82) is 0 Å². The Morgan fingerprint density at radius 3 is 3.00 bits per heavy atom. The monoisotopic (exact) mass is 280 g/mol. The molecule has 0 aliphatic carbocycles. The molecule has 0 aromatic carbocycles. The highest BCUT2D eigenvalue weighted by molar-refractivity contribution is 5.03. The summed E-state index contributed by atoms with van der Waals surface area (Å²) in [6.45, 7) is 3.63. The van der Waals surface area contributed by atoms with Crippen molar-refractivity contribution >= 4 is 0 Å². The first-order valence-electron chi connectivity index (χ1n) is 6.52. The van der Waals surface area contributed by atoms with Crippen molar-refractivity contribution in [2.75, 3.05) is 20.2 Å². The Morgan fingerprint density at radius 1 is 1.50 bits per heavy atom. The van der Waals surface area contributed by atoms with Crippen LogP contribution in [0.2, 0.25) is 0 Å². The van der Waals surface area contributed by atoms with Gasteiger partial charge in [0.15, 0.2) is 0 Å². The van der Waals surface area contributed by atoms with Crippen molar-refractivity contribution in [3.63, 3.8) is 0 Å². The lowest BCUT2D eigenvalue weighted by Crippen LogP contribution is -2.31. The maximum atomic E-state index is 9.89. The second kappa shape index (κ2) is 7.23. The molecule has 0 radical (unpaired) electrons. The van der Waals surface area contributed by atoms with Gasteiger partial charge in [0.2, 0.25) is 0 Å². The molecule has 2 heterocycles. The van der Waals surface area contributed by atoms with Crippen LogP contribution in [0.1, 0.15) is 17.2 Å². The first-order chi connectivity index (χ1) is 9.63. The van der Waals surface area contributed by atoms with E-state index in [9.17, 15) is 5.11 Å². The molecule has 1 atom stereocenters. The van der Waals surface area contributed by atoms with Gasteiger partial charge >= 0.3 is 0 Å². The molecule has 6 nitrogen and oxygen atoms in total. The lowest BCUT2D eigenvalue weighted by Gasteiger charge is -2.19. The first-order valence-corrected chi connectivity index (χ1v) is 6.52. The van der Waals surface area contributed by atoms with E-state index < -0.39 is 6.10 Å². The molecule has 1 N–H and O–H groups in total. The van der Waals surface area contributed by atoms with Gasteiger partial charge in [0.25, 0.3) is 0 Å². The standard InChI is InChI=1S/C14H20N2O4/c1-11-6-12(15-20-11)7-16(2)8-13(17)9-18-10-14-4-3-5-19-14/h3-6,13,17H,7-10H2,1-2H3. The molecule has 2 aromatic rings. The van der Waals surface area contributed by atoms with Crippen LogP contribution in [0.5, 0.6) is 0 Å². The molecule has 0 aliphatic heterocycles. The van der Waals surface area contributed by atoms with Crippen molar-refractivity contribution in [3.05, 3.63) is 41.7 Å². The molecular formula is C14H20N2O4. The summed E-state index contributed by atoms with van der Waals surface area (Å²) in [4.78, 5) is 1.97. The van der Waals surface area contributed by atoms with E-state index in [2.05, 4.69) is 5.16 Å². The molecule has 110 valence electrons. The van der Waals surface area contributed by atoms with Crippen LogP contribution in [0.25, 0.3) is 0 Å². The minimum Gasteiger partial charge on any atom is -0.467 e. The largest absolute Gasteiger partial charge is 0.467 e. The summed E-state index contributed by atoms with van der Waals surface area (Å²) >= 11 is 0. The van der Waals surface area contributed by atoms with E-state index in [1.165, 1.54) is 0 Å². The van der Waals surface area contributed by atoms with Crippen molar-refractivity contribution in [1.82, 2.24) is 10.1 Å². The van der Waals surface area contributed by atoms with Crippen LogP contribution < -0.4 is 0 Å². The van der Waals surface area contributed by atoms with Crippen molar-refractivity contribution in [2.45, 2.75) is 26.2 Å². The lowest BCUT2D eigenvalue weighted by atomic mass is 10.3. The fourth-order valence-corrected chi connectivity index (χ4v) is 1.94. The topological polar surface area (TPSA) is 71.9 Å². The van der Waals surface area contributed by atoms with Crippen molar-refractivity contribution in [2.24, 2.45) is 0 Å². The normalized spacial score (nSPS) is 13.0. The Kier molecular flexibility index (Phi) is 5.34. The molecule has 0 bridgehead atoms. The van der Waals surface area contributed by atoms with E-state index >= 15 is 0 Å². The molecule has 0 spiro atoms. The minimum atomic E-state index is -0.553. The average molecular weight is 280 g/mol. The predicted octanol–water partition coefficient (Wildman–Crippen LogP) is 1.59. The Morgan fingerprint density at radius 2 is 2.35 bits per heavy atom. The molecule has 6 heteroatoms. The van der Waals surface area contributed by atoms with E-state index in [-0.39, 0.29) is 6.61 Å². The quantitative estimate of drug-likeness (QED) is 0.791. The van der Waals surface area contributed by atoms with Gasteiger partial charge in [0, 0.05) is 19.2 Å². The number of aliphatic hydroxyl groups is 1. The maximum absolute atomic E-state index is 9.89. The molecule has 20 heavy (non-hydrogen) atoms. The Balaban J connectivity index is 1.64.